The van der Waals surface area contributed by atoms with Crippen molar-refractivity contribution in [2.75, 3.05) is 0 Å². The Bertz CT molecular complexity index is 611. The summed E-state index contributed by atoms with van der Waals surface area (Å²) >= 11 is 6.53. The zero-order valence-corrected chi connectivity index (χ0v) is 13.7. The van der Waals surface area contributed by atoms with Gasteiger partial charge in [0.15, 0.2) is 0 Å². The minimum atomic E-state index is -0.555. The molecule has 0 saturated heterocycles. The molecule has 110 valence electrons. The summed E-state index contributed by atoms with van der Waals surface area (Å²) in [7, 11) is 0. The second kappa shape index (κ2) is 5.79. The van der Waals surface area contributed by atoms with E-state index in [1.807, 2.05) is 0 Å². The van der Waals surface area contributed by atoms with Gasteiger partial charge in [-0.2, -0.15) is 0 Å². The largest absolute Gasteiger partial charge is 0.389 e. The van der Waals surface area contributed by atoms with Crippen LogP contribution in [0, 0.1) is 5.92 Å². The molecule has 1 heterocycles. The fourth-order valence-electron chi connectivity index (χ4n) is 2.67. The molecule has 1 N–H and O–H groups in total. The van der Waals surface area contributed by atoms with E-state index < -0.39 is 6.10 Å². The summed E-state index contributed by atoms with van der Waals surface area (Å²) in [6.07, 6.45) is -0.555. The van der Waals surface area contributed by atoms with Gasteiger partial charge in [0.2, 0.25) is 0 Å². The lowest BCUT2D eigenvalue weighted by molar-refractivity contribution is 0.200. The average molecular weight is 294 g/mol. The highest BCUT2D eigenvalue weighted by molar-refractivity contribution is 6.32. The molecule has 2 aromatic rings. The molecule has 2 rings (SSSR count). The van der Waals surface area contributed by atoms with Gasteiger partial charge in [0.05, 0.1) is 6.10 Å². The quantitative estimate of drug-likeness (QED) is 0.831. The fourth-order valence-corrected chi connectivity index (χ4v) is 3.09. The van der Waals surface area contributed by atoms with Crippen molar-refractivity contribution in [3.8, 4) is 0 Å². The van der Waals surface area contributed by atoms with Crippen LogP contribution in [0.1, 0.15) is 57.8 Å². The van der Waals surface area contributed by atoms with Crippen molar-refractivity contribution in [2.24, 2.45) is 5.92 Å². The molecule has 1 unspecified atom stereocenters. The molecule has 0 amide bonds. The number of aliphatic hydroxyl groups excluding tert-OH is 1. The normalized spacial score (nSPS) is 13.7. The summed E-state index contributed by atoms with van der Waals surface area (Å²) in [5.74, 6) is 0.975. The van der Waals surface area contributed by atoms with E-state index in [0.717, 1.165) is 23.0 Å². The molecule has 1 aromatic heterocycles. The number of benzene rings is 1. The van der Waals surface area contributed by atoms with Crippen LogP contribution >= 0.6 is 11.6 Å². The highest BCUT2D eigenvalue weighted by atomic mass is 35.5. The molecule has 0 radical (unpaired) electrons. The molecule has 20 heavy (non-hydrogen) atoms. The maximum Gasteiger partial charge on any atom is 0.115 e. The number of rotatable bonds is 4. The molecular weight excluding hydrogens is 270 g/mol. The monoisotopic (exact) mass is 293 g/mol. The van der Waals surface area contributed by atoms with Crippen LogP contribution in [0.15, 0.2) is 18.2 Å². The Labute approximate surface area is 126 Å². The van der Waals surface area contributed by atoms with E-state index in [0.29, 0.717) is 17.0 Å². The van der Waals surface area contributed by atoms with Crippen molar-refractivity contribution in [3.63, 3.8) is 0 Å². The maximum atomic E-state index is 10.1. The molecule has 1 atom stereocenters. The van der Waals surface area contributed by atoms with Crippen LogP contribution in [-0.4, -0.2) is 9.67 Å². The van der Waals surface area contributed by atoms with E-state index in [2.05, 4.69) is 50.5 Å². The first-order chi connectivity index (χ1) is 9.32. The fraction of sp³-hybridized carbons (Fsp3) is 0.529. The second-order valence-electron chi connectivity index (χ2n) is 6.32. The molecule has 0 aliphatic heterocycles. The van der Waals surface area contributed by atoms with Gasteiger partial charge in [-0.05, 0) is 36.5 Å². The van der Waals surface area contributed by atoms with Gasteiger partial charge in [0.1, 0.15) is 5.15 Å². The molecule has 1 aromatic carbocycles. The Morgan fingerprint density at radius 2 is 1.80 bits per heavy atom. The average Bonchev–Trinajstić information content (AvgIpc) is 2.61. The number of aromatic nitrogens is 1. The first kappa shape index (κ1) is 15.4. The predicted molar refractivity (Wildman–Crippen MR) is 86.5 cm³/mol. The molecule has 3 heteroatoms. The number of nitrogens with zero attached hydrogens (tertiary/aromatic N) is 1. The van der Waals surface area contributed by atoms with Crippen LogP contribution in [0.3, 0.4) is 0 Å². The third kappa shape index (κ3) is 2.72. The smallest absolute Gasteiger partial charge is 0.115 e. The number of hydrogen-bond acceptors (Lipinski definition) is 1. The Morgan fingerprint density at radius 3 is 2.30 bits per heavy atom. The Kier molecular flexibility index (Phi) is 4.46. The van der Waals surface area contributed by atoms with Crippen molar-refractivity contribution in [1.29, 1.82) is 0 Å². The molecule has 0 fully saturated rings. The summed E-state index contributed by atoms with van der Waals surface area (Å²) < 4.78 is 2.12. The van der Waals surface area contributed by atoms with Gasteiger partial charge in [-0.3, -0.25) is 0 Å². The van der Waals surface area contributed by atoms with Crippen molar-refractivity contribution >= 4 is 22.5 Å². The van der Waals surface area contributed by atoms with Crippen LogP contribution in [0.2, 0.25) is 5.15 Å². The van der Waals surface area contributed by atoms with Crippen LogP contribution in [-0.2, 0) is 6.54 Å². The third-order valence-corrected chi connectivity index (χ3v) is 4.10. The minimum Gasteiger partial charge on any atom is -0.389 e. The number of halogens is 1. The molecule has 0 aliphatic carbocycles. The lowest BCUT2D eigenvalue weighted by atomic mass is 9.99. The first-order valence-corrected chi connectivity index (χ1v) is 7.70. The Hall–Kier alpha value is -0.990. The number of hydrogen-bond donors (Lipinski definition) is 1. The summed E-state index contributed by atoms with van der Waals surface area (Å²) in [6, 6.07) is 6.46. The van der Waals surface area contributed by atoms with Crippen LogP contribution in [0.5, 0.6) is 0 Å². The zero-order valence-electron chi connectivity index (χ0n) is 12.9. The van der Waals surface area contributed by atoms with E-state index >= 15 is 0 Å². The zero-order chi connectivity index (χ0) is 15.0. The third-order valence-electron chi connectivity index (χ3n) is 3.69. The summed E-state index contributed by atoms with van der Waals surface area (Å²) in [5, 5.41) is 11.8. The van der Waals surface area contributed by atoms with Crippen LogP contribution in [0.4, 0.5) is 0 Å². The molecular formula is C17H24ClNO. The SMILES string of the molecule is CC(C)Cn1c(Cl)c(C(C)O)c2cc(C(C)C)ccc21. The summed E-state index contributed by atoms with van der Waals surface area (Å²) in [4.78, 5) is 0. The van der Waals surface area contributed by atoms with Crippen molar-refractivity contribution in [1.82, 2.24) is 4.57 Å². The lowest BCUT2D eigenvalue weighted by Crippen LogP contribution is -2.04. The van der Waals surface area contributed by atoms with Gasteiger partial charge in [-0.25, -0.2) is 0 Å². The topological polar surface area (TPSA) is 25.2 Å². The molecule has 2 nitrogen and oxygen atoms in total. The van der Waals surface area contributed by atoms with Gasteiger partial charge in [0.25, 0.3) is 0 Å². The van der Waals surface area contributed by atoms with Crippen molar-refractivity contribution < 1.29 is 5.11 Å². The van der Waals surface area contributed by atoms with E-state index in [4.69, 9.17) is 11.6 Å². The number of fused-ring (bicyclic) bond motifs is 1. The molecule has 0 spiro atoms. The van der Waals surface area contributed by atoms with E-state index in [1.54, 1.807) is 6.92 Å². The Morgan fingerprint density at radius 1 is 1.15 bits per heavy atom. The predicted octanol–water partition coefficient (Wildman–Crippen LogP) is 5.13. The highest BCUT2D eigenvalue weighted by Gasteiger charge is 2.20. The minimum absolute atomic E-state index is 0.466. The van der Waals surface area contributed by atoms with Crippen molar-refractivity contribution in [3.05, 3.63) is 34.5 Å². The van der Waals surface area contributed by atoms with Crippen molar-refractivity contribution in [2.45, 2.75) is 53.2 Å². The Balaban J connectivity index is 2.72. The van der Waals surface area contributed by atoms with Gasteiger partial charge in [-0.15, -0.1) is 0 Å². The number of aliphatic hydroxyl groups is 1. The lowest BCUT2D eigenvalue weighted by Gasteiger charge is -2.11. The van der Waals surface area contributed by atoms with E-state index in [9.17, 15) is 5.11 Å². The van der Waals surface area contributed by atoms with Gasteiger partial charge >= 0.3 is 0 Å². The first-order valence-electron chi connectivity index (χ1n) is 7.32. The molecule has 0 bridgehead atoms. The molecule has 0 saturated carbocycles. The maximum absolute atomic E-state index is 10.1. The second-order valence-corrected chi connectivity index (χ2v) is 6.67. The van der Waals surface area contributed by atoms with Gasteiger partial charge in [-0.1, -0.05) is 45.4 Å². The summed E-state index contributed by atoms with van der Waals surface area (Å²) in [5.41, 5.74) is 3.24. The van der Waals surface area contributed by atoms with Crippen LogP contribution < -0.4 is 0 Å². The van der Waals surface area contributed by atoms with Gasteiger partial charge in [0, 0.05) is 23.0 Å². The molecule has 0 aliphatic rings. The highest BCUT2D eigenvalue weighted by Crippen LogP contribution is 2.36. The van der Waals surface area contributed by atoms with E-state index in [1.165, 1.54) is 5.56 Å². The van der Waals surface area contributed by atoms with E-state index in [-0.39, 0.29) is 0 Å². The van der Waals surface area contributed by atoms with Crippen LogP contribution in [0.25, 0.3) is 10.9 Å². The standard InChI is InChI=1S/C17H24ClNO/c1-10(2)9-19-15-7-6-13(11(3)4)8-14(15)16(12(5)20)17(19)18/h6-8,10-12,20H,9H2,1-5H3. The van der Waals surface area contributed by atoms with Gasteiger partial charge < -0.3 is 9.67 Å². The summed E-state index contributed by atoms with van der Waals surface area (Å²) in [6.45, 7) is 11.3.